The highest BCUT2D eigenvalue weighted by molar-refractivity contribution is 6.06. The number of nitrogens with two attached hydrogens (primary N) is 1. The van der Waals surface area contributed by atoms with Gasteiger partial charge in [0.15, 0.2) is 0 Å². The van der Waals surface area contributed by atoms with Crippen LogP contribution in [0.3, 0.4) is 0 Å². The SMILES string of the molecule is Cc1cccc(N(CCC(N)=O)C(=O)c2ccc3c(c2)CCCN3)c1. The third-order valence-electron chi connectivity index (χ3n) is 4.43. The van der Waals surface area contributed by atoms with Gasteiger partial charge in [0.2, 0.25) is 5.91 Å². The maximum absolute atomic E-state index is 13.1. The highest BCUT2D eigenvalue weighted by Crippen LogP contribution is 2.25. The van der Waals surface area contributed by atoms with Gasteiger partial charge in [0.05, 0.1) is 0 Å². The van der Waals surface area contributed by atoms with Gasteiger partial charge in [0, 0.05) is 36.4 Å². The molecule has 2 aromatic carbocycles. The molecule has 1 aliphatic rings. The van der Waals surface area contributed by atoms with Gasteiger partial charge in [-0.15, -0.1) is 0 Å². The van der Waals surface area contributed by atoms with Gasteiger partial charge in [-0.2, -0.15) is 0 Å². The molecule has 3 rings (SSSR count). The minimum absolute atomic E-state index is 0.111. The van der Waals surface area contributed by atoms with Crippen molar-refractivity contribution >= 4 is 23.2 Å². The number of hydrogen-bond donors (Lipinski definition) is 2. The highest BCUT2D eigenvalue weighted by atomic mass is 16.2. The molecular formula is C20H23N3O2. The molecule has 0 fully saturated rings. The van der Waals surface area contributed by atoms with Gasteiger partial charge < -0.3 is 16.0 Å². The van der Waals surface area contributed by atoms with E-state index in [-0.39, 0.29) is 18.9 Å². The lowest BCUT2D eigenvalue weighted by atomic mass is 10.00. The van der Waals surface area contributed by atoms with Crippen LogP contribution in [0, 0.1) is 6.92 Å². The van der Waals surface area contributed by atoms with Crippen LogP contribution in [-0.2, 0) is 11.2 Å². The molecular weight excluding hydrogens is 314 g/mol. The predicted molar refractivity (Wildman–Crippen MR) is 99.9 cm³/mol. The van der Waals surface area contributed by atoms with Crippen molar-refractivity contribution in [3.63, 3.8) is 0 Å². The number of fused-ring (bicyclic) bond motifs is 1. The summed E-state index contributed by atoms with van der Waals surface area (Å²) in [6.45, 7) is 3.21. The molecule has 0 unspecified atom stereocenters. The first kappa shape index (κ1) is 17.0. The van der Waals surface area contributed by atoms with E-state index < -0.39 is 5.91 Å². The number of nitrogens with one attached hydrogen (secondary N) is 1. The molecule has 0 radical (unpaired) electrons. The third-order valence-corrected chi connectivity index (χ3v) is 4.43. The summed E-state index contributed by atoms with van der Waals surface area (Å²) in [5.74, 6) is -0.527. The van der Waals surface area contributed by atoms with Crippen molar-refractivity contribution in [2.45, 2.75) is 26.2 Å². The Kier molecular flexibility index (Phi) is 5.03. The molecule has 5 heteroatoms. The number of aryl methyl sites for hydroxylation is 2. The van der Waals surface area contributed by atoms with Gasteiger partial charge in [-0.3, -0.25) is 9.59 Å². The molecule has 5 nitrogen and oxygen atoms in total. The van der Waals surface area contributed by atoms with Gasteiger partial charge in [0.1, 0.15) is 0 Å². The van der Waals surface area contributed by atoms with Crippen LogP contribution in [0.1, 0.15) is 34.3 Å². The summed E-state index contributed by atoms with van der Waals surface area (Å²) in [5, 5.41) is 3.35. The van der Waals surface area contributed by atoms with E-state index in [0.717, 1.165) is 41.9 Å². The Morgan fingerprint density at radius 1 is 1.20 bits per heavy atom. The largest absolute Gasteiger partial charge is 0.385 e. The zero-order valence-corrected chi connectivity index (χ0v) is 14.4. The molecule has 0 saturated carbocycles. The summed E-state index contributed by atoms with van der Waals surface area (Å²) in [6.07, 6.45) is 2.16. The van der Waals surface area contributed by atoms with E-state index in [1.807, 2.05) is 49.4 Å². The topological polar surface area (TPSA) is 75.4 Å². The molecule has 2 aromatic rings. The zero-order chi connectivity index (χ0) is 17.8. The summed E-state index contributed by atoms with van der Waals surface area (Å²) < 4.78 is 0. The standard InChI is InChI=1S/C20H23N3O2/c1-14-4-2-6-17(12-14)23(11-9-19(21)24)20(25)16-7-8-18-15(13-16)5-3-10-22-18/h2,4,6-8,12-13,22H,3,5,9-11H2,1H3,(H2,21,24). The maximum Gasteiger partial charge on any atom is 0.258 e. The van der Waals surface area contributed by atoms with Crippen LogP contribution < -0.4 is 16.0 Å². The number of carbonyl (C=O) groups excluding carboxylic acids is 2. The average molecular weight is 337 g/mol. The Morgan fingerprint density at radius 2 is 2.04 bits per heavy atom. The summed E-state index contributed by atoms with van der Waals surface area (Å²) in [5.41, 5.74) is 10.0. The van der Waals surface area contributed by atoms with Crippen LogP contribution >= 0.6 is 0 Å². The first-order chi connectivity index (χ1) is 12.0. The molecule has 1 aliphatic heterocycles. The van der Waals surface area contributed by atoms with Crippen LogP contribution in [-0.4, -0.2) is 24.9 Å². The minimum Gasteiger partial charge on any atom is -0.385 e. The second-order valence-electron chi connectivity index (χ2n) is 6.41. The molecule has 1 heterocycles. The normalized spacial score (nSPS) is 12.8. The molecule has 0 saturated heterocycles. The Bertz CT molecular complexity index is 801. The van der Waals surface area contributed by atoms with Gasteiger partial charge in [0.25, 0.3) is 5.91 Å². The third kappa shape index (κ3) is 3.99. The quantitative estimate of drug-likeness (QED) is 0.881. The fourth-order valence-corrected chi connectivity index (χ4v) is 3.13. The highest BCUT2D eigenvalue weighted by Gasteiger charge is 2.20. The molecule has 0 bridgehead atoms. The van der Waals surface area contributed by atoms with Gasteiger partial charge in [-0.1, -0.05) is 12.1 Å². The van der Waals surface area contributed by atoms with E-state index >= 15 is 0 Å². The second kappa shape index (κ2) is 7.38. The monoisotopic (exact) mass is 337 g/mol. The number of primary amides is 1. The fourth-order valence-electron chi connectivity index (χ4n) is 3.13. The van der Waals surface area contributed by atoms with Crippen molar-refractivity contribution in [3.05, 3.63) is 59.2 Å². The van der Waals surface area contributed by atoms with E-state index in [2.05, 4.69) is 5.32 Å². The van der Waals surface area contributed by atoms with E-state index in [1.165, 1.54) is 0 Å². The zero-order valence-electron chi connectivity index (χ0n) is 14.4. The summed E-state index contributed by atoms with van der Waals surface area (Å²) in [6, 6.07) is 13.5. The lowest BCUT2D eigenvalue weighted by Crippen LogP contribution is -2.34. The van der Waals surface area contributed by atoms with Crippen molar-refractivity contribution in [3.8, 4) is 0 Å². The molecule has 0 spiro atoms. The van der Waals surface area contributed by atoms with Crippen molar-refractivity contribution in [2.24, 2.45) is 5.73 Å². The Morgan fingerprint density at radius 3 is 2.80 bits per heavy atom. The smallest absolute Gasteiger partial charge is 0.258 e. The first-order valence-corrected chi connectivity index (χ1v) is 8.58. The molecule has 130 valence electrons. The molecule has 3 N–H and O–H groups in total. The number of benzene rings is 2. The predicted octanol–water partition coefficient (Wildman–Crippen LogP) is 2.88. The first-order valence-electron chi connectivity index (χ1n) is 8.58. The number of anilines is 2. The van der Waals surface area contributed by atoms with E-state index in [4.69, 9.17) is 5.73 Å². The van der Waals surface area contributed by atoms with Crippen LogP contribution in [0.25, 0.3) is 0 Å². The van der Waals surface area contributed by atoms with E-state index in [1.54, 1.807) is 4.90 Å². The number of nitrogens with zero attached hydrogens (tertiary/aromatic N) is 1. The lowest BCUT2D eigenvalue weighted by molar-refractivity contribution is -0.117. The fraction of sp³-hybridized carbons (Fsp3) is 0.300. The molecule has 2 amide bonds. The van der Waals surface area contributed by atoms with Gasteiger partial charge >= 0.3 is 0 Å². The van der Waals surface area contributed by atoms with Crippen molar-refractivity contribution in [1.29, 1.82) is 0 Å². The Balaban J connectivity index is 1.91. The Labute approximate surface area is 147 Å². The van der Waals surface area contributed by atoms with E-state index in [9.17, 15) is 9.59 Å². The van der Waals surface area contributed by atoms with Crippen LogP contribution in [0.5, 0.6) is 0 Å². The lowest BCUT2D eigenvalue weighted by Gasteiger charge is -2.24. The van der Waals surface area contributed by atoms with Gasteiger partial charge in [-0.25, -0.2) is 0 Å². The Hall–Kier alpha value is -2.82. The molecule has 0 atom stereocenters. The number of rotatable bonds is 5. The van der Waals surface area contributed by atoms with Crippen LogP contribution in [0.15, 0.2) is 42.5 Å². The number of amides is 2. The minimum atomic E-state index is -0.417. The molecule has 0 aromatic heterocycles. The number of carbonyl (C=O) groups is 2. The summed E-state index contributed by atoms with van der Waals surface area (Å²) >= 11 is 0. The average Bonchev–Trinajstić information content (AvgIpc) is 2.61. The van der Waals surface area contributed by atoms with E-state index in [0.29, 0.717) is 5.56 Å². The van der Waals surface area contributed by atoms with Crippen molar-refractivity contribution < 1.29 is 9.59 Å². The van der Waals surface area contributed by atoms with Gasteiger partial charge in [-0.05, 0) is 61.2 Å². The maximum atomic E-state index is 13.1. The van der Waals surface area contributed by atoms with Crippen molar-refractivity contribution in [2.75, 3.05) is 23.3 Å². The van der Waals surface area contributed by atoms with Crippen molar-refractivity contribution in [1.82, 2.24) is 0 Å². The number of hydrogen-bond acceptors (Lipinski definition) is 3. The summed E-state index contributed by atoms with van der Waals surface area (Å²) in [7, 11) is 0. The van der Waals surface area contributed by atoms with Crippen LogP contribution in [0.4, 0.5) is 11.4 Å². The molecule has 25 heavy (non-hydrogen) atoms. The summed E-state index contributed by atoms with van der Waals surface area (Å²) in [4.78, 5) is 26.0. The second-order valence-corrected chi connectivity index (χ2v) is 6.41. The van der Waals surface area contributed by atoms with Crippen LogP contribution in [0.2, 0.25) is 0 Å². The molecule has 0 aliphatic carbocycles.